The van der Waals surface area contributed by atoms with Gasteiger partial charge in [-0.1, -0.05) is 48.9 Å². The van der Waals surface area contributed by atoms with Gasteiger partial charge < -0.3 is 15.0 Å². The van der Waals surface area contributed by atoms with Gasteiger partial charge in [-0.2, -0.15) is 0 Å². The number of carbonyl (C=O) groups is 2. The summed E-state index contributed by atoms with van der Waals surface area (Å²) in [5.74, 6) is 1.71. The molecule has 5 nitrogen and oxygen atoms in total. The number of benzene rings is 2. The number of hydrogen-bond donors (Lipinski definition) is 1. The molecule has 2 amide bonds. The van der Waals surface area contributed by atoms with Gasteiger partial charge in [-0.25, -0.2) is 0 Å². The van der Waals surface area contributed by atoms with Crippen LogP contribution in [0.5, 0.6) is 5.75 Å². The molecular weight excluding hydrogens is 420 g/mol. The Bertz CT molecular complexity index is 873. The Morgan fingerprint density at radius 2 is 1.62 bits per heavy atom. The minimum absolute atomic E-state index is 0.0278. The van der Waals surface area contributed by atoms with Gasteiger partial charge in [0.05, 0.1) is 12.9 Å². The largest absolute Gasteiger partial charge is 0.497 e. The third kappa shape index (κ3) is 8.23. The fourth-order valence-corrected chi connectivity index (χ4v) is 4.19. The molecule has 0 radical (unpaired) electrons. The summed E-state index contributed by atoms with van der Waals surface area (Å²) in [7, 11) is 1.64. The molecule has 174 valence electrons. The van der Waals surface area contributed by atoms with Crippen molar-refractivity contribution in [2.45, 2.75) is 64.9 Å². The van der Waals surface area contributed by atoms with E-state index in [-0.39, 0.29) is 17.4 Å². The quantitative estimate of drug-likeness (QED) is 0.549. The van der Waals surface area contributed by atoms with E-state index < -0.39 is 6.04 Å². The van der Waals surface area contributed by atoms with Crippen LogP contribution in [0.15, 0.2) is 48.5 Å². The van der Waals surface area contributed by atoms with Crippen LogP contribution < -0.4 is 10.1 Å². The van der Waals surface area contributed by atoms with E-state index >= 15 is 0 Å². The molecule has 0 fully saturated rings. The zero-order valence-corrected chi connectivity index (χ0v) is 20.9. The zero-order chi connectivity index (χ0) is 23.7. The summed E-state index contributed by atoms with van der Waals surface area (Å²) in [5, 5.41) is 3.04. The highest BCUT2D eigenvalue weighted by Crippen LogP contribution is 2.20. The minimum Gasteiger partial charge on any atom is -0.497 e. The monoisotopic (exact) mass is 456 g/mol. The van der Waals surface area contributed by atoms with Crippen molar-refractivity contribution in [1.29, 1.82) is 0 Å². The minimum atomic E-state index is -0.510. The lowest BCUT2D eigenvalue weighted by molar-refractivity contribution is -0.140. The second kappa shape index (κ2) is 12.0. The first-order chi connectivity index (χ1) is 15.1. The van der Waals surface area contributed by atoms with Gasteiger partial charge in [0.2, 0.25) is 11.8 Å². The van der Waals surface area contributed by atoms with Crippen molar-refractivity contribution in [3.63, 3.8) is 0 Å². The molecule has 2 rings (SSSR count). The summed E-state index contributed by atoms with van der Waals surface area (Å²) < 4.78 is 5.20. The van der Waals surface area contributed by atoms with Gasteiger partial charge in [0.1, 0.15) is 11.8 Å². The molecule has 2 aromatic rings. The molecule has 0 saturated heterocycles. The fraction of sp³-hybridized carbons (Fsp3) is 0.462. The third-order valence-electron chi connectivity index (χ3n) is 5.01. The number of amides is 2. The lowest BCUT2D eigenvalue weighted by Crippen LogP contribution is -2.53. The topological polar surface area (TPSA) is 58.6 Å². The van der Waals surface area contributed by atoms with Gasteiger partial charge in [0.25, 0.3) is 0 Å². The Balaban J connectivity index is 2.12. The van der Waals surface area contributed by atoms with Crippen molar-refractivity contribution < 1.29 is 14.3 Å². The first kappa shape index (κ1) is 25.8. The number of thioether (sulfide) groups is 1. The zero-order valence-electron chi connectivity index (χ0n) is 20.1. The normalized spacial score (nSPS) is 12.2. The molecule has 0 aliphatic carbocycles. The van der Waals surface area contributed by atoms with Gasteiger partial charge >= 0.3 is 0 Å². The van der Waals surface area contributed by atoms with Crippen molar-refractivity contribution in [1.82, 2.24) is 10.2 Å². The number of hydrogen-bond acceptors (Lipinski definition) is 4. The first-order valence-corrected chi connectivity index (χ1v) is 12.2. The molecule has 0 aliphatic heterocycles. The average Bonchev–Trinajstić information content (AvgIpc) is 2.74. The maximum Gasteiger partial charge on any atom is 0.243 e. The van der Waals surface area contributed by atoms with Crippen LogP contribution in [0.1, 0.15) is 50.8 Å². The molecule has 6 heteroatoms. The van der Waals surface area contributed by atoms with E-state index in [1.165, 1.54) is 5.56 Å². The summed E-state index contributed by atoms with van der Waals surface area (Å²) in [6.45, 7) is 10.3. The Morgan fingerprint density at radius 3 is 2.16 bits per heavy atom. The standard InChI is InChI=1S/C26H36N2O3S/c1-7-23(25(30)27-26(3,4)5)28(16-20-10-8-19(2)9-11-20)24(29)18-32-17-21-12-14-22(31-6)15-13-21/h8-15,23H,7,16-18H2,1-6H3,(H,27,30)/t23-/m1/s1. The lowest BCUT2D eigenvalue weighted by atomic mass is 10.1. The van der Waals surface area contributed by atoms with Crippen molar-refractivity contribution in [3.8, 4) is 5.75 Å². The van der Waals surface area contributed by atoms with Gasteiger partial charge in [-0.3, -0.25) is 9.59 Å². The summed E-state index contributed by atoms with van der Waals surface area (Å²) >= 11 is 1.56. The van der Waals surface area contributed by atoms with E-state index in [4.69, 9.17) is 4.74 Å². The van der Waals surface area contributed by atoms with E-state index in [1.54, 1.807) is 23.8 Å². The Hall–Kier alpha value is -2.47. The molecule has 0 aromatic heterocycles. The van der Waals surface area contributed by atoms with E-state index in [1.807, 2.05) is 83.1 Å². The highest BCUT2D eigenvalue weighted by molar-refractivity contribution is 7.99. The van der Waals surface area contributed by atoms with Crippen LogP contribution in [-0.2, 0) is 21.9 Å². The van der Waals surface area contributed by atoms with Gasteiger partial charge in [-0.15, -0.1) is 11.8 Å². The maximum absolute atomic E-state index is 13.3. The van der Waals surface area contributed by atoms with Crippen LogP contribution >= 0.6 is 11.8 Å². The Morgan fingerprint density at radius 1 is 1.03 bits per heavy atom. The number of aryl methyl sites for hydroxylation is 1. The molecule has 2 aromatic carbocycles. The van der Waals surface area contributed by atoms with Crippen molar-refractivity contribution in [2.75, 3.05) is 12.9 Å². The highest BCUT2D eigenvalue weighted by atomic mass is 32.2. The van der Waals surface area contributed by atoms with Crippen LogP contribution in [0.2, 0.25) is 0 Å². The number of carbonyl (C=O) groups excluding carboxylic acids is 2. The van der Waals surface area contributed by atoms with Crippen molar-refractivity contribution in [2.24, 2.45) is 0 Å². The maximum atomic E-state index is 13.3. The lowest BCUT2D eigenvalue weighted by Gasteiger charge is -2.33. The second-order valence-electron chi connectivity index (χ2n) is 9.01. The predicted octanol–water partition coefficient (Wildman–Crippen LogP) is 4.96. The van der Waals surface area contributed by atoms with Crippen LogP contribution in [0.25, 0.3) is 0 Å². The second-order valence-corrected chi connectivity index (χ2v) is 10.00. The van der Waals surface area contributed by atoms with E-state index in [0.717, 1.165) is 22.6 Å². The van der Waals surface area contributed by atoms with Gasteiger partial charge in [0.15, 0.2) is 0 Å². The van der Waals surface area contributed by atoms with Crippen LogP contribution in [0.4, 0.5) is 0 Å². The van der Waals surface area contributed by atoms with E-state index in [2.05, 4.69) is 5.32 Å². The Labute approximate surface area is 196 Å². The summed E-state index contributed by atoms with van der Waals surface area (Å²) in [4.78, 5) is 28.0. The molecule has 1 N–H and O–H groups in total. The number of nitrogens with zero attached hydrogens (tertiary/aromatic N) is 1. The van der Waals surface area contributed by atoms with Crippen molar-refractivity contribution in [3.05, 3.63) is 65.2 Å². The summed E-state index contributed by atoms with van der Waals surface area (Å²) in [6, 6.07) is 15.5. The van der Waals surface area contributed by atoms with Crippen LogP contribution in [-0.4, -0.2) is 41.2 Å². The number of ether oxygens (including phenoxy) is 1. The fourth-order valence-electron chi connectivity index (χ4n) is 3.32. The van der Waals surface area contributed by atoms with Crippen LogP contribution in [0.3, 0.4) is 0 Å². The van der Waals surface area contributed by atoms with Gasteiger partial charge in [0, 0.05) is 17.8 Å². The SMILES string of the molecule is CC[C@H](C(=O)NC(C)(C)C)N(Cc1ccc(C)cc1)C(=O)CSCc1ccc(OC)cc1. The summed E-state index contributed by atoms with van der Waals surface area (Å²) in [6.07, 6.45) is 0.558. The molecule has 0 saturated carbocycles. The molecule has 0 unspecified atom stereocenters. The molecular formula is C26H36N2O3S. The first-order valence-electron chi connectivity index (χ1n) is 11.0. The number of methoxy groups -OCH3 is 1. The molecule has 32 heavy (non-hydrogen) atoms. The Kier molecular flexibility index (Phi) is 9.63. The average molecular weight is 457 g/mol. The van der Waals surface area contributed by atoms with E-state index in [0.29, 0.717) is 18.7 Å². The van der Waals surface area contributed by atoms with Crippen LogP contribution in [0, 0.1) is 6.92 Å². The summed E-state index contributed by atoms with van der Waals surface area (Å²) in [5.41, 5.74) is 2.96. The number of nitrogens with one attached hydrogen (secondary N) is 1. The highest BCUT2D eigenvalue weighted by Gasteiger charge is 2.30. The molecule has 0 bridgehead atoms. The van der Waals surface area contributed by atoms with E-state index in [9.17, 15) is 9.59 Å². The van der Waals surface area contributed by atoms with Gasteiger partial charge in [-0.05, 0) is 57.4 Å². The molecule has 1 atom stereocenters. The molecule has 0 aliphatic rings. The predicted molar refractivity (Wildman–Crippen MR) is 133 cm³/mol. The molecule has 0 heterocycles. The number of rotatable bonds is 10. The molecule has 0 spiro atoms. The smallest absolute Gasteiger partial charge is 0.243 e. The van der Waals surface area contributed by atoms with Crippen molar-refractivity contribution >= 4 is 23.6 Å². The third-order valence-corrected chi connectivity index (χ3v) is 6.00.